The first-order valence-electron chi connectivity index (χ1n) is 8.27. The van der Waals surface area contributed by atoms with Crippen LogP contribution < -0.4 is 5.32 Å². The summed E-state index contributed by atoms with van der Waals surface area (Å²) in [5, 5.41) is 3.80. The van der Waals surface area contributed by atoms with Crippen LogP contribution >= 0.6 is 0 Å². The third-order valence-electron chi connectivity index (χ3n) is 4.84. The maximum atomic E-state index is 3.80. The van der Waals surface area contributed by atoms with Gasteiger partial charge in [-0.25, -0.2) is 0 Å². The molecule has 0 aromatic carbocycles. The van der Waals surface area contributed by atoms with E-state index >= 15 is 0 Å². The molecule has 0 amide bonds. The van der Waals surface area contributed by atoms with Crippen LogP contribution in [0.2, 0.25) is 0 Å². The van der Waals surface area contributed by atoms with Crippen molar-refractivity contribution in [3.63, 3.8) is 0 Å². The molecule has 1 N–H and O–H groups in total. The lowest BCUT2D eigenvalue weighted by molar-refractivity contribution is 0.201. The van der Waals surface area contributed by atoms with E-state index in [0.717, 1.165) is 18.0 Å². The van der Waals surface area contributed by atoms with Gasteiger partial charge in [-0.05, 0) is 52.2 Å². The number of hydrogen-bond donors (Lipinski definition) is 1. The van der Waals surface area contributed by atoms with E-state index in [2.05, 4.69) is 36.1 Å². The van der Waals surface area contributed by atoms with Crippen molar-refractivity contribution in [3.8, 4) is 0 Å². The van der Waals surface area contributed by atoms with Gasteiger partial charge in [0.15, 0.2) is 0 Å². The lowest BCUT2D eigenvalue weighted by Crippen LogP contribution is -2.43. The molecule has 1 aliphatic heterocycles. The fourth-order valence-corrected chi connectivity index (χ4v) is 3.85. The second-order valence-corrected chi connectivity index (χ2v) is 7.02. The predicted molar refractivity (Wildman–Crippen MR) is 82.6 cm³/mol. The van der Waals surface area contributed by atoms with Crippen molar-refractivity contribution in [3.05, 3.63) is 0 Å². The van der Waals surface area contributed by atoms with Crippen molar-refractivity contribution < 1.29 is 0 Å². The number of hydrogen-bond acceptors (Lipinski definition) is 3. The van der Waals surface area contributed by atoms with Crippen LogP contribution in [-0.4, -0.2) is 62.2 Å². The zero-order valence-electron chi connectivity index (χ0n) is 13.2. The van der Waals surface area contributed by atoms with Crippen molar-refractivity contribution in [2.45, 2.75) is 57.5 Å². The molecule has 2 aliphatic rings. The highest BCUT2D eigenvalue weighted by molar-refractivity contribution is 4.82. The normalized spacial score (nSPS) is 33.2. The molecule has 3 heteroatoms. The zero-order valence-corrected chi connectivity index (χ0v) is 13.2. The van der Waals surface area contributed by atoms with Gasteiger partial charge in [0.1, 0.15) is 0 Å². The van der Waals surface area contributed by atoms with Crippen molar-refractivity contribution in [1.82, 2.24) is 15.1 Å². The first-order valence-corrected chi connectivity index (χ1v) is 8.27. The van der Waals surface area contributed by atoms with Gasteiger partial charge in [-0.3, -0.25) is 4.90 Å². The SMILES string of the molecule is CC1CCCC(NCCN2CCCC2CN(C)C)C1. The van der Waals surface area contributed by atoms with E-state index < -0.39 is 0 Å². The van der Waals surface area contributed by atoms with Crippen molar-refractivity contribution in [2.24, 2.45) is 5.92 Å². The second-order valence-electron chi connectivity index (χ2n) is 7.02. The van der Waals surface area contributed by atoms with Gasteiger partial charge in [-0.15, -0.1) is 0 Å². The number of rotatable bonds is 6. The Kier molecular flexibility index (Phi) is 6.11. The van der Waals surface area contributed by atoms with E-state index in [0.29, 0.717) is 0 Å². The molecule has 0 aromatic heterocycles. The van der Waals surface area contributed by atoms with Gasteiger partial charge >= 0.3 is 0 Å². The molecule has 1 aliphatic carbocycles. The summed E-state index contributed by atoms with van der Waals surface area (Å²) in [5.74, 6) is 0.930. The molecule has 1 heterocycles. The summed E-state index contributed by atoms with van der Waals surface area (Å²) in [7, 11) is 4.39. The number of likely N-dealkylation sites (N-methyl/N-ethyl adjacent to an activating group) is 1. The van der Waals surface area contributed by atoms with E-state index in [9.17, 15) is 0 Å². The maximum Gasteiger partial charge on any atom is 0.0223 e. The molecule has 2 rings (SSSR count). The molecule has 112 valence electrons. The Bertz CT molecular complexity index is 254. The average Bonchev–Trinajstić information content (AvgIpc) is 2.76. The van der Waals surface area contributed by atoms with Crippen molar-refractivity contribution >= 4 is 0 Å². The minimum Gasteiger partial charge on any atom is -0.313 e. The molecule has 0 aromatic rings. The Morgan fingerprint density at radius 2 is 2.00 bits per heavy atom. The van der Waals surface area contributed by atoms with Gasteiger partial charge in [0, 0.05) is 31.7 Å². The second kappa shape index (κ2) is 7.61. The number of likely N-dealkylation sites (tertiary alicyclic amines) is 1. The van der Waals surface area contributed by atoms with Crippen LogP contribution in [0.25, 0.3) is 0 Å². The highest BCUT2D eigenvalue weighted by Crippen LogP contribution is 2.23. The lowest BCUT2D eigenvalue weighted by Gasteiger charge is -2.30. The van der Waals surface area contributed by atoms with Crippen LogP contribution in [-0.2, 0) is 0 Å². The summed E-state index contributed by atoms with van der Waals surface area (Å²) in [5.41, 5.74) is 0. The van der Waals surface area contributed by atoms with Gasteiger partial charge in [0.25, 0.3) is 0 Å². The quantitative estimate of drug-likeness (QED) is 0.796. The smallest absolute Gasteiger partial charge is 0.0223 e. The molecule has 2 fully saturated rings. The van der Waals surface area contributed by atoms with E-state index in [1.165, 1.54) is 64.7 Å². The fraction of sp³-hybridized carbons (Fsp3) is 1.00. The molecule has 1 saturated heterocycles. The molecule has 0 spiro atoms. The average molecular weight is 267 g/mol. The van der Waals surface area contributed by atoms with Crippen LogP contribution in [0.4, 0.5) is 0 Å². The third kappa shape index (κ3) is 5.05. The van der Waals surface area contributed by atoms with Gasteiger partial charge in [-0.1, -0.05) is 19.8 Å². The first-order chi connectivity index (χ1) is 9.15. The van der Waals surface area contributed by atoms with Gasteiger partial charge in [0.05, 0.1) is 0 Å². The standard InChI is InChI=1S/C16H33N3/c1-14-6-4-7-15(12-14)17-9-11-19-10-5-8-16(19)13-18(2)3/h14-17H,4-13H2,1-3H3. The highest BCUT2D eigenvalue weighted by Gasteiger charge is 2.25. The third-order valence-corrected chi connectivity index (χ3v) is 4.84. The molecule has 3 atom stereocenters. The number of nitrogens with one attached hydrogen (secondary N) is 1. The highest BCUT2D eigenvalue weighted by atomic mass is 15.2. The topological polar surface area (TPSA) is 18.5 Å². The van der Waals surface area contributed by atoms with Gasteiger partial charge < -0.3 is 10.2 Å². The van der Waals surface area contributed by atoms with Crippen molar-refractivity contribution in [1.29, 1.82) is 0 Å². The van der Waals surface area contributed by atoms with E-state index in [4.69, 9.17) is 0 Å². The van der Waals surface area contributed by atoms with Crippen LogP contribution in [0.1, 0.15) is 45.4 Å². The minimum absolute atomic E-state index is 0.790. The largest absolute Gasteiger partial charge is 0.313 e. The molecular weight excluding hydrogens is 234 g/mol. The molecule has 3 unspecified atom stereocenters. The monoisotopic (exact) mass is 267 g/mol. The Morgan fingerprint density at radius 3 is 2.74 bits per heavy atom. The fourth-order valence-electron chi connectivity index (χ4n) is 3.85. The maximum absolute atomic E-state index is 3.80. The minimum atomic E-state index is 0.790. The van der Waals surface area contributed by atoms with E-state index in [1.54, 1.807) is 0 Å². The molecule has 0 bridgehead atoms. The summed E-state index contributed by atoms with van der Waals surface area (Å²) < 4.78 is 0. The lowest BCUT2D eigenvalue weighted by atomic mass is 9.87. The summed E-state index contributed by atoms with van der Waals surface area (Å²) >= 11 is 0. The molecule has 3 nitrogen and oxygen atoms in total. The zero-order chi connectivity index (χ0) is 13.7. The molecule has 1 saturated carbocycles. The summed E-state index contributed by atoms with van der Waals surface area (Å²) in [6.07, 6.45) is 8.42. The van der Waals surface area contributed by atoms with Gasteiger partial charge in [-0.2, -0.15) is 0 Å². The van der Waals surface area contributed by atoms with Gasteiger partial charge in [0.2, 0.25) is 0 Å². The van der Waals surface area contributed by atoms with Crippen LogP contribution in [0.15, 0.2) is 0 Å². The van der Waals surface area contributed by atoms with Crippen LogP contribution in [0.3, 0.4) is 0 Å². The number of nitrogens with zero attached hydrogens (tertiary/aromatic N) is 2. The van der Waals surface area contributed by atoms with Crippen molar-refractivity contribution in [2.75, 3.05) is 40.3 Å². The Balaban J connectivity index is 1.64. The molecule has 0 radical (unpaired) electrons. The predicted octanol–water partition coefficient (Wildman–Crippen LogP) is 2.18. The molecule has 19 heavy (non-hydrogen) atoms. The van der Waals surface area contributed by atoms with E-state index in [-0.39, 0.29) is 0 Å². The summed E-state index contributed by atoms with van der Waals surface area (Å²) in [4.78, 5) is 5.03. The summed E-state index contributed by atoms with van der Waals surface area (Å²) in [6.45, 7) is 7.36. The molecular formula is C16H33N3. The Hall–Kier alpha value is -0.120. The Labute approximate surface area is 119 Å². The van der Waals surface area contributed by atoms with E-state index in [1.807, 2.05) is 0 Å². The first kappa shape index (κ1) is 15.3. The Morgan fingerprint density at radius 1 is 1.16 bits per heavy atom. The van der Waals surface area contributed by atoms with Crippen LogP contribution in [0.5, 0.6) is 0 Å². The van der Waals surface area contributed by atoms with Crippen LogP contribution in [0, 0.1) is 5.92 Å². The summed E-state index contributed by atoms with van der Waals surface area (Å²) in [6, 6.07) is 1.58.